The van der Waals surface area contributed by atoms with Crippen molar-refractivity contribution in [1.29, 1.82) is 0 Å². The Balaban J connectivity index is 1.62. The highest BCUT2D eigenvalue weighted by atomic mass is 16.3. The summed E-state index contributed by atoms with van der Waals surface area (Å²) in [6.07, 6.45) is 9.13. The Morgan fingerprint density at radius 3 is 2.61 bits per heavy atom. The molecule has 18 heavy (non-hydrogen) atoms. The van der Waals surface area contributed by atoms with Gasteiger partial charge in [-0.3, -0.25) is 0 Å². The number of hydrogen-bond donors (Lipinski definition) is 1. The van der Waals surface area contributed by atoms with Crippen LogP contribution in [0.2, 0.25) is 0 Å². The van der Waals surface area contributed by atoms with Crippen LogP contribution < -0.4 is 4.90 Å². The third-order valence-corrected chi connectivity index (χ3v) is 4.61. The zero-order valence-electron chi connectivity index (χ0n) is 10.9. The first kappa shape index (κ1) is 11.9. The Labute approximate surface area is 108 Å². The molecule has 2 saturated carbocycles. The van der Waals surface area contributed by atoms with Gasteiger partial charge in [-0.05, 0) is 37.0 Å². The third-order valence-electron chi connectivity index (χ3n) is 4.61. The van der Waals surface area contributed by atoms with E-state index < -0.39 is 0 Å². The van der Waals surface area contributed by atoms with Crippen LogP contribution in [0.15, 0.2) is 12.4 Å². The summed E-state index contributed by atoms with van der Waals surface area (Å²) in [4.78, 5) is 10.8. The second-order valence-electron chi connectivity index (χ2n) is 5.86. The maximum absolute atomic E-state index is 8.97. The summed E-state index contributed by atoms with van der Waals surface area (Å²) in [5.41, 5.74) is 0.770. The van der Waals surface area contributed by atoms with E-state index in [-0.39, 0.29) is 6.61 Å². The van der Waals surface area contributed by atoms with E-state index in [0.717, 1.165) is 35.8 Å². The Kier molecular flexibility index (Phi) is 3.20. The molecule has 3 rings (SSSR count). The van der Waals surface area contributed by atoms with E-state index in [0.29, 0.717) is 0 Å². The molecule has 0 spiro atoms. The highest BCUT2D eigenvalue weighted by molar-refractivity contribution is 5.28. The standard InChI is InChI=1S/C14H21N3O/c1-17(14-15-6-11(9-18)7-16-14)8-13-5-10-2-3-12(13)4-10/h6-7,10,12-13,18H,2-5,8-9H2,1H3. The van der Waals surface area contributed by atoms with Gasteiger partial charge in [0.25, 0.3) is 0 Å². The Morgan fingerprint density at radius 2 is 2.06 bits per heavy atom. The van der Waals surface area contributed by atoms with Crippen LogP contribution in [-0.4, -0.2) is 28.7 Å². The van der Waals surface area contributed by atoms with E-state index in [9.17, 15) is 0 Å². The first-order valence-corrected chi connectivity index (χ1v) is 6.89. The Bertz CT molecular complexity index is 406. The zero-order valence-corrected chi connectivity index (χ0v) is 10.9. The largest absolute Gasteiger partial charge is 0.392 e. The van der Waals surface area contributed by atoms with E-state index >= 15 is 0 Å². The SMILES string of the molecule is CN(CC1CC2CCC1C2)c1ncc(CO)cn1. The van der Waals surface area contributed by atoms with Crippen molar-refractivity contribution in [1.82, 2.24) is 9.97 Å². The van der Waals surface area contributed by atoms with Crippen LogP contribution in [0.25, 0.3) is 0 Å². The first-order valence-electron chi connectivity index (χ1n) is 6.89. The maximum atomic E-state index is 8.97. The van der Waals surface area contributed by atoms with Gasteiger partial charge in [0.15, 0.2) is 0 Å². The molecule has 2 fully saturated rings. The van der Waals surface area contributed by atoms with Gasteiger partial charge in [-0.1, -0.05) is 6.42 Å². The van der Waals surface area contributed by atoms with Gasteiger partial charge in [-0.15, -0.1) is 0 Å². The van der Waals surface area contributed by atoms with Gasteiger partial charge in [0.1, 0.15) is 0 Å². The molecule has 0 radical (unpaired) electrons. The van der Waals surface area contributed by atoms with Crippen molar-refractivity contribution in [3.8, 4) is 0 Å². The molecule has 2 bridgehead atoms. The van der Waals surface area contributed by atoms with Gasteiger partial charge >= 0.3 is 0 Å². The van der Waals surface area contributed by atoms with Crippen molar-refractivity contribution < 1.29 is 5.11 Å². The molecule has 98 valence electrons. The molecule has 2 aliphatic rings. The summed E-state index contributed by atoms with van der Waals surface area (Å²) in [7, 11) is 2.07. The first-order chi connectivity index (χ1) is 8.76. The molecule has 0 aromatic carbocycles. The summed E-state index contributed by atoms with van der Waals surface area (Å²) in [5.74, 6) is 3.53. The molecule has 1 N–H and O–H groups in total. The summed E-state index contributed by atoms with van der Waals surface area (Å²) in [6.45, 7) is 1.08. The van der Waals surface area contributed by atoms with Crippen LogP contribution in [0, 0.1) is 17.8 Å². The maximum Gasteiger partial charge on any atom is 0.225 e. The molecule has 2 aliphatic carbocycles. The Hall–Kier alpha value is -1.16. The smallest absolute Gasteiger partial charge is 0.225 e. The highest BCUT2D eigenvalue weighted by Gasteiger charge is 2.39. The monoisotopic (exact) mass is 247 g/mol. The van der Waals surface area contributed by atoms with Crippen LogP contribution in [0.1, 0.15) is 31.2 Å². The zero-order chi connectivity index (χ0) is 12.5. The normalized spacial score (nSPS) is 29.8. The van der Waals surface area contributed by atoms with Crippen molar-refractivity contribution in [2.75, 3.05) is 18.5 Å². The summed E-state index contributed by atoms with van der Waals surface area (Å²) >= 11 is 0. The quantitative estimate of drug-likeness (QED) is 0.882. The van der Waals surface area contributed by atoms with Gasteiger partial charge in [0, 0.05) is 31.5 Å². The van der Waals surface area contributed by atoms with Crippen molar-refractivity contribution in [3.05, 3.63) is 18.0 Å². The van der Waals surface area contributed by atoms with E-state index in [2.05, 4.69) is 21.9 Å². The third kappa shape index (κ3) is 2.21. The van der Waals surface area contributed by atoms with Crippen LogP contribution >= 0.6 is 0 Å². The molecule has 4 heteroatoms. The molecular formula is C14H21N3O. The lowest BCUT2D eigenvalue weighted by molar-refractivity contribution is 0.281. The van der Waals surface area contributed by atoms with Gasteiger partial charge < -0.3 is 10.0 Å². The van der Waals surface area contributed by atoms with E-state index in [1.165, 1.54) is 25.7 Å². The second-order valence-corrected chi connectivity index (χ2v) is 5.86. The minimum atomic E-state index is 0.0103. The van der Waals surface area contributed by atoms with E-state index in [1.807, 2.05) is 0 Å². The van der Waals surface area contributed by atoms with Crippen LogP contribution in [0.3, 0.4) is 0 Å². The molecule has 4 nitrogen and oxygen atoms in total. The lowest BCUT2D eigenvalue weighted by Crippen LogP contribution is -2.29. The number of anilines is 1. The van der Waals surface area contributed by atoms with E-state index in [1.54, 1.807) is 12.4 Å². The van der Waals surface area contributed by atoms with Crippen LogP contribution in [0.5, 0.6) is 0 Å². The molecule has 3 atom stereocenters. The van der Waals surface area contributed by atoms with E-state index in [4.69, 9.17) is 5.11 Å². The lowest BCUT2D eigenvalue weighted by Gasteiger charge is -2.27. The van der Waals surface area contributed by atoms with Gasteiger partial charge in [0.05, 0.1) is 6.61 Å². The van der Waals surface area contributed by atoms with Crippen LogP contribution in [-0.2, 0) is 6.61 Å². The molecular weight excluding hydrogens is 226 g/mol. The number of rotatable bonds is 4. The van der Waals surface area contributed by atoms with Crippen LogP contribution in [0.4, 0.5) is 5.95 Å². The number of fused-ring (bicyclic) bond motifs is 2. The average Bonchev–Trinajstić information content (AvgIpc) is 3.01. The number of aliphatic hydroxyl groups excluding tert-OH is 1. The fourth-order valence-corrected chi connectivity index (χ4v) is 3.66. The molecule has 1 heterocycles. The van der Waals surface area contributed by atoms with Crippen molar-refractivity contribution >= 4 is 5.95 Å². The fourth-order valence-electron chi connectivity index (χ4n) is 3.66. The molecule has 1 aromatic heterocycles. The molecule has 0 saturated heterocycles. The number of aliphatic hydroxyl groups is 1. The summed E-state index contributed by atoms with van der Waals surface area (Å²) in [5, 5.41) is 8.97. The summed E-state index contributed by atoms with van der Waals surface area (Å²) in [6, 6.07) is 0. The van der Waals surface area contributed by atoms with Crippen molar-refractivity contribution in [3.63, 3.8) is 0 Å². The van der Waals surface area contributed by atoms with Gasteiger partial charge in [-0.2, -0.15) is 0 Å². The minimum Gasteiger partial charge on any atom is -0.392 e. The summed E-state index contributed by atoms with van der Waals surface area (Å²) < 4.78 is 0. The number of hydrogen-bond acceptors (Lipinski definition) is 4. The molecule has 0 aliphatic heterocycles. The number of nitrogens with zero attached hydrogens (tertiary/aromatic N) is 3. The highest BCUT2D eigenvalue weighted by Crippen LogP contribution is 2.48. The second kappa shape index (κ2) is 4.84. The Morgan fingerprint density at radius 1 is 1.28 bits per heavy atom. The van der Waals surface area contributed by atoms with Crippen molar-refractivity contribution in [2.24, 2.45) is 17.8 Å². The lowest BCUT2D eigenvalue weighted by atomic mass is 9.88. The molecule has 3 unspecified atom stereocenters. The topological polar surface area (TPSA) is 49.2 Å². The molecule has 0 amide bonds. The predicted octanol–water partition coefficient (Wildman–Crippen LogP) is 1.84. The van der Waals surface area contributed by atoms with Gasteiger partial charge in [0.2, 0.25) is 5.95 Å². The van der Waals surface area contributed by atoms with Crippen molar-refractivity contribution in [2.45, 2.75) is 32.3 Å². The fraction of sp³-hybridized carbons (Fsp3) is 0.714. The predicted molar refractivity (Wildman–Crippen MR) is 70.2 cm³/mol. The average molecular weight is 247 g/mol. The van der Waals surface area contributed by atoms with Gasteiger partial charge in [-0.25, -0.2) is 9.97 Å². The minimum absolute atomic E-state index is 0.0103. The number of aromatic nitrogens is 2. The molecule has 1 aromatic rings.